The minimum Gasteiger partial charge on any atom is -0.455 e. The first-order valence-electron chi connectivity index (χ1n) is 14.7. The Labute approximate surface area is 264 Å². The Balaban J connectivity index is 1.50. The first-order chi connectivity index (χ1) is 22.0. The maximum absolute atomic E-state index is 14.9. The number of carbonyl (C=O) groups is 1. The van der Waals surface area contributed by atoms with Crippen LogP contribution in [0.25, 0.3) is 55.8 Å². The lowest BCUT2D eigenvalue weighted by molar-refractivity contribution is 0.0964. The summed E-state index contributed by atoms with van der Waals surface area (Å²) in [6, 6.07) is 20.4. The average Bonchev–Trinajstić information content (AvgIpc) is 3.63. The largest absolute Gasteiger partial charge is 0.455 e. The lowest BCUT2D eigenvalue weighted by Crippen LogP contribution is -2.25. The third-order valence-corrected chi connectivity index (χ3v) is 9.93. The van der Waals surface area contributed by atoms with Gasteiger partial charge in [0.15, 0.2) is 0 Å². The van der Waals surface area contributed by atoms with E-state index in [0.29, 0.717) is 73.5 Å². The molecule has 46 heavy (non-hydrogen) atoms. The molecule has 1 atom stereocenters. The molecule has 8 nitrogen and oxygen atoms in total. The number of furan rings is 1. The highest BCUT2D eigenvalue weighted by Gasteiger charge is 2.30. The van der Waals surface area contributed by atoms with Crippen LogP contribution in [0, 0.1) is 12.7 Å². The van der Waals surface area contributed by atoms with Gasteiger partial charge in [-0.25, -0.2) is 22.2 Å². The number of rotatable bonds is 6. The van der Waals surface area contributed by atoms with Gasteiger partial charge in [0.2, 0.25) is 10.0 Å². The first-order valence-corrected chi connectivity index (χ1v) is 16.5. The molecule has 7 rings (SSSR count). The third kappa shape index (κ3) is 4.65. The fourth-order valence-electron chi connectivity index (χ4n) is 6.32. The van der Waals surface area contributed by atoms with Crippen molar-refractivity contribution in [3.8, 4) is 34.0 Å². The molecule has 0 saturated heterocycles. The summed E-state index contributed by atoms with van der Waals surface area (Å²) in [7, 11) is -0.767. The summed E-state index contributed by atoms with van der Waals surface area (Å²) in [5.41, 5.74) is 5.98. The first kappa shape index (κ1) is 29.7. The molecule has 1 unspecified atom stereocenters. The van der Waals surface area contributed by atoms with Crippen molar-refractivity contribution in [1.82, 2.24) is 14.9 Å². The summed E-state index contributed by atoms with van der Waals surface area (Å²) in [6.45, 7) is 1.32. The molecule has 11 heteroatoms. The van der Waals surface area contributed by atoms with Crippen molar-refractivity contribution in [3.05, 3.63) is 95.3 Å². The van der Waals surface area contributed by atoms with Gasteiger partial charge in [-0.3, -0.25) is 9.10 Å². The van der Waals surface area contributed by atoms with Gasteiger partial charge in [0.1, 0.15) is 23.8 Å². The molecule has 3 aromatic carbocycles. The van der Waals surface area contributed by atoms with Crippen LogP contribution >= 0.6 is 0 Å². The molecular weight excluding hydrogens is 610 g/mol. The Hall–Kier alpha value is -5.03. The van der Waals surface area contributed by atoms with Crippen LogP contribution in [0.3, 0.4) is 0 Å². The van der Waals surface area contributed by atoms with E-state index in [1.54, 1.807) is 41.0 Å². The van der Waals surface area contributed by atoms with E-state index >= 15 is 0 Å². The van der Waals surface area contributed by atoms with E-state index in [4.69, 9.17) is 9.40 Å². The van der Waals surface area contributed by atoms with E-state index in [1.165, 1.54) is 20.2 Å². The zero-order valence-corrected chi connectivity index (χ0v) is 26.4. The van der Waals surface area contributed by atoms with E-state index < -0.39 is 28.6 Å². The van der Waals surface area contributed by atoms with Crippen LogP contribution in [-0.4, -0.2) is 50.9 Å². The van der Waals surface area contributed by atoms with Crippen LogP contribution in [0.1, 0.15) is 27.5 Å². The second-order valence-electron chi connectivity index (χ2n) is 11.6. The highest BCUT2D eigenvalue weighted by Crippen LogP contribution is 2.44. The average molecular weight is 641 g/mol. The fourth-order valence-corrected chi connectivity index (χ4v) is 6.83. The Kier molecular flexibility index (Phi) is 6.97. The molecule has 1 amide bonds. The predicted molar refractivity (Wildman–Crippen MR) is 176 cm³/mol. The smallest absolute Gasteiger partial charge is 0.255 e. The molecule has 0 spiro atoms. The van der Waals surface area contributed by atoms with E-state index in [2.05, 4.69) is 5.32 Å². The van der Waals surface area contributed by atoms with Gasteiger partial charge in [-0.1, -0.05) is 42.0 Å². The minimum atomic E-state index is -3.74. The Morgan fingerprint density at radius 3 is 2.54 bits per heavy atom. The van der Waals surface area contributed by atoms with Crippen molar-refractivity contribution < 1.29 is 26.4 Å². The number of hydrogen-bond acceptors (Lipinski definition) is 5. The van der Waals surface area contributed by atoms with Crippen LogP contribution in [0.5, 0.6) is 0 Å². The van der Waals surface area contributed by atoms with Crippen molar-refractivity contribution in [3.63, 3.8) is 0 Å². The van der Waals surface area contributed by atoms with Gasteiger partial charge in [0.05, 0.1) is 46.1 Å². The number of benzene rings is 3. The Morgan fingerprint density at radius 1 is 1.09 bits per heavy atom. The normalized spacial score (nSPS) is 14.3. The highest BCUT2D eigenvalue weighted by atomic mass is 32.2. The maximum Gasteiger partial charge on any atom is 0.255 e. The highest BCUT2D eigenvalue weighted by molar-refractivity contribution is 7.92. The summed E-state index contributed by atoms with van der Waals surface area (Å²) >= 11 is 0. The number of hydrogen-bond donors (Lipinski definition) is 1. The molecule has 4 heterocycles. The van der Waals surface area contributed by atoms with Crippen molar-refractivity contribution >= 4 is 43.5 Å². The number of nitrogens with zero attached hydrogens (tertiary/aromatic N) is 3. The number of aryl methyl sites for hydroxylation is 1. The van der Waals surface area contributed by atoms with Gasteiger partial charge in [0.25, 0.3) is 5.91 Å². The van der Waals surface area contributed by atoms with Crippen molar-refractivity contribution in [2.75, 3.05) is 31.3 Å². The number of alkyl halides is 1. The molecule has 1 aliphatic rings. The zero-order chi connectivity index (χ0) is 32.5. The lowest BCUT2D eigenvalue weighted by Gasteiger charge is -2.27. The van der Waals surface area contributed by atoms with E-state index in [1.807, 2.05) is 37.3 Å². The fraction of sp³-hybridized carbons (Fsp3) is 0.200. The van der Waals surface area contributed by atoms with Gasteiger partial charge in [-0.2, -0.15) is 0 Å². The van der Waals surface area contributed by atoms with Gasteiger partial charge < -0.3 is 14.3 Å². The molecule has 0 bridgehead atoms. The SMILES string of the molecule is CNC(=O)c1c(-c2ccc(C)cc2)oc2cc(N(C)S(C)(=O)=O)c(-c3ccc4c(n3)-c3cc5c(F)cccc5n3C(CF)C4)cc12. The standard InChI is InChI=1S/C35H30F2N4O4S/c1-19-8-10-20(11-9-19)34-32(35(42)38-2)25-15-24(29(17-31(25)45-34)40(3)46(4,43)44)27-13-12-21-14-22(18-36)41-28-7-5-6-26(37)23(28)16-30(41)33(21)39-27/h5-13,15-17,22H,14,18H2,1-4H3,(H,38,42). The molecular formula is C35H30F2N4O4S. The number of pyridine rings is 1. The molecule has 6 aromatic rings. The maximum atomic E-state index is 14.9. The number of carbonyl (C=O) groups excluding carboxylic acids is 1. The Bertz CT molecular complexity index is 2310. The molecule has 0 saturated carbocycles. The number of anilines is 1. The number of nitrogens with one attached hydrogen (secondary N) is 1. The van der Waals surface area contributed by atoms with Crippen LogP contribution < -0.4 is 9.62 Å². The minimum absolute atomic E-state index is 0.291. The van der Waals surface area contributed by atoms with E-state index in [0.717, 1.165) is 21.7 Å². The molecule has 0 aliphatic carbocycles. The molecule has 1 N–H and O–H groups in total. The summed E-state index contributed by atoms with van der Waals surface area (Å²) in [5.74, 6) is -0.434. The van der Waals surface area contributed by atoms with Crippen molar-refractivity contribution in [2.45, 2.75) is 19.4 Å². The van der Waals surface area contributed by atoms with Crippen molar-refractivity contribution in [1.29, 1.82) is 0 Å². The van der Waals surface area contributed by atoms with Gasteiger partial charge in [0, 0.05) is 42.1 Å². The molecule has 0 fully saturated rings. The summed E-state index contributed by atoms with van der Waals surface area (Å²) in [5, 5.41) is 3.54. The van der Waals surface area contributed by atoms with Gasteiger partial charge in [-0.05, 0) is 49.2 Å². The Morgan fingerprint density at radius 2 is 1.85 bits per heavy atom. The van der Waals surface area contributed by atoms with Gasteiger partial charge >= 0.3 is 0 Å². The monoisotopic (exact) mass is 640 g/mol. The second-order valence-corrected chi connectivity index (χ2v) is 13.6. The van der Waals surface area contributed by atoms with Crippen molar-refractivity contribution in [2.24, 2.45) is 0 Å². The van der Waals surface area contributed by atoms with Crippen LogP contribution in [0.2, 0.25) is 0 Å². The van der Waals surface area contributed by atoms with E-state index in [-0.39, 0.29) is 5.91 Å². The number of aromatic nitrogens is 2. The number of halogens is 2. The molecule has 0 radical (unpaired) electrons. The molecule has 3 aromatic heterocycles. The number of amides is 1. The summed E-state index contributed by atoms with van der Waals surface area (Å²) in [6.07, 6.45) is 1.45. The third-order valence-electron chi connectivity index (χ3n) is 8.74. The summed E-state index contributed by atoms with van der Waals surface area (Å²) < 4.78 is 64.1. The van der Waals surface area contributed by atoms with Crippen LogP contribution in [0.15, 0.2) is 77.2 Å². The second kappa shape index (κ2) is 10.8. The number of fused-ring (bicyclic) bond motifs is 6. The number of sulfonamides is 1. The zero-order valence-electron chi connectivity index (χ0n) is 25.6. The van der Waals surface area contributed by atoms with Gasteiger partial charge in [-0.15, -0.1) is 0 Å². The summed E-state index contributed by atoms with van der Waals surface area (Å²) in [4.78, 5) is 18.3. The van der Waals surface area contributed by atoms with Crippen LogP contribution in [-0.2, 0) is 16.4 Å². The molecule has 234 valence electrons. The predicted octanol–water partition coefficient (Wildman–Crippen LogP) is 7.05. The van der Waals surface area contributed by atoms with E-state index in [9.17, 15) is 22.0 Å². The lowest BCUT2D eigenvalue weighted by atomic mass is 9.96. The van der Waals surface area contributed by atoms with Crippen LogP contribution in [0.4, 0.5) is 14.5 Å². The molecule has 1 aliphatic heterocycles. The topological polar surface area (TPSA) is 97.4 Å². The quantitative estimate of drug-likeness (QED) is 0.210.